The Morgan fingerprint density at radius 3 is 2.77 bits per heavy atom. The number of nitrogens with one attached hydrogen (secondary N) is 2. The standard InChI is InChI=1S/C15H21N7O3S/c1-8(2)13-18-20-15(26-13)22-7-9(6-11(22)23)12(24)16-5-4-10-17-19-14(25)21(10)3/h8-9H,4-7H2,1-3H3,(H,16,24)(H,19,25). The van der Waals surface area contributed by atoms with Crippen LogP contribution in [0.3, 0.4) is 0 Å². The van der Waals surface area contributed by atoms with Gasteiger partial charge in [-0.05, 0) is 0 Å². The van der Waals surface area contributed by atoms with Gasteiger partial charge in [0, 0.05) is 38.9 Å². The minimum absolute atomic E-state index is 0.119. The van der Waals surface area contributed by atoms with Crippen molar-refractivity contribution >= 4 is 28.3 Å². The first-order chi connectivity index (χ1) is 12.4. The number of hydrogen-bond donors (Lipinski definition) is 2. The quantitative estimate of drug-likeness (QED) is 0.716. The van der Waals surface area contributed by atoms with E-state index in [1.807, 2.05) is 13.8 Å². The number of hydrogen-bond acceptors (Lipinski definition) is 7. The van der Waals surface area contributed by atoms with E-state index in [1.165, 1.54) is 20.8 Å². The van der Waals surface area contributed by atoms with Crippen molar-refractivity contribution in [1.82, 2.24) is 30.3 Å². The third kappa shape index (κ3) is 3.66. The molecule has 1 fully saturated rings. The van der Waals surface area contributed by atoms with E-state index < -0.39 is 5.92 Å². The molecule has 2 aromatic rings. The maximum Gasteiger partial charge on any atom is 0.343 e. The zero-order chi connectivity index (χ0) is 18.8. The molecule has 3 heterocycles. The summed E-state index contributed by atoms with van der Waals surface area (Å²) in [5.41, 5.74) is -0.291. The Labute approximate surface area is 153 Å². The number of aromatic nitrogens is 5. The highest BCUT2D eigenvalue weighted by atomic mass is 32.1. The number of nitrogens with zero attached hydrogens (tertiary/aromatic N) is 5. The molecule has 2 aromatic heterocycles. The SMILES string of the molecule is CC(C)c1nnc(N2CC(C(=O)NCCc3n[nH]c(=O)n3C)CC2=O)s1. The normalized spacial score (nSPS) is 17.3. The van der Waals surface area contributed by atoms with Crippen LogP contribution in [0, 0.1) is 5.92 Å². The third-order valence-corrected chi connectivity index (χ3v) is 5.52. The highest BCUT2D eigenvalue weighted by molar-refractivity contribution is 7.15. The number of carbonyl (C=O) groups is 2. The molecule has 1 saturated heterocycles. The molecule has 2 amide bonds. The van der Waals surface area contributed by atoms with E-state index >= 15 is 0 Å². The second-order valence-corrected chi connectivity index (χ2v) is 7.52. The average Bonchev–Trinajstić information content (AvgIpc) is 3.29. The lowest BCUT2D eigenvalue weighted by Crippen LogP contribution is -2.34. The molecule has 0 aromatic carbocycles. The van der Waals surface area contributed by atoms with Crippen LogP contribution in [0.2, 0.25) is 0 Å². The first-order valence-electron chi connectivity index (χ1n) is 8.38. The van der Waals surface area contributed by atoms with E-state index in [2.05, 4.69) is 25.7 Å². The average molecular weight is 379 g/mol. The fourth-order valence-electron chi connectivity index (χ4n) is 2.68. The van der Waals surface area contributed by atoms with Crippen molar-refractivity contribution in [3.63, 3.8) is 0 Å². The van der Waals surface area contributed by atoms with Gasteiger partial charge >= 0.3 is 5.69 Å². The van der Waals surface area contributed by atoms with Gasteiger partial charge in [-0.25, -0.2) is 9.89 Å². The molecule has 10 nitrogen and oxygen atoms in total. The predicted molar refractivity (Wildman–Crippen MR) is 95.0 cm³/mol. The van der Waals surface area contributed by atoms with E-state index in [4.69, 9.17) is 0 Å². The molecule has 2 N–H and O–H groups in total. The Morgan fingerprint density at radius 1 is 1.38 bits per heavy atom. The predicted octanol–water partition coefficient (Wildman–Crippen LogP) is -0.205. The van der Waals surface area contributed by atoms with Crippen LogP contribution >= 0.6 is 11.3 Å². The Bertz CT molecular complexity index is 869. The second-order valence-electron chi connectivity index (χ2n) is 6.53. The summed E-state index contributed by atoms with van der Waals surface area (Å²) in [6.45, 7) is 4.68. The molecule has 11 heteroatoms. The van der Waals surface area contributed by atoms with Crippen molar-refractivity contribution in [2.75, 3.05) is 18.0 Å². The summed E-state index contributed by atoms with van der Waals surface area (Å²) in [6.07, 6.45) is 0.586. The van der Waals surface area contributed by atoms with Gasteiger partial charge in [0.2, 0.25) is 16.9 Å². The summed E-state index contributed by atoms with van der Waals surface area (Å²) in [7, 11) is 1.62. The summed E-state index contributed by atoms with van der Waals surface area (Å²) in [6, 6.07) is 0. The van der Waals surface area contributed by atoms with Crippen molar-refractivity contribution < 1.29 is 9.59 Å². The molecule has 1 atom stereocenters. The van der Waals surface area contributed by atoms with E-state index in [-0.39, 0.29) is 29.8 Å². The smallest absolute Gasteiger partial charge is 0.343 e. The Hall–Kier alpha value is -2.56. The van der Waals surface area contributed by atoms with Crippen molar-refractivity contribution in [2.24, 2.45) is 13.0 Å². The van der Waals surface area contributed by atoms with Crippen LogP contribution < -0.4 is 15.9 Å². The fraction of sp³-hybridized carbons (Fsp3) is 0.600. The van der Waals surface area contributed by atoms with Crippen LogP contribution in [-0.2, 0) is 23.1 Å². The van der Waals surface area contributed by atoms with Gasteiger partial charge in [-0.15, -0.1) is 10.2 Å². The fourth-order valence-corrected chi connectivity index (χ4v) is 3.55. The van der Waals surface area contributed by atoms with Crippen molar-refractivity contribution in [3.8, 4) is 0 Å². The highest BCUT2D eigenvalue weighted by Gasteiger charge is 2.36. The van der Waals surface area contributed by atoms with Crippen LogP contribution in [0.4, 0.5) is 5.13 Å². The largest absolute Gasteiger partial charge is 0.355 e. The van der Waals surface area contributed by atoms with Crippen molar-refractivity contribution in [2.45, 2.75) is 32.6 Å². The van der Waals surface area contributed by atoms with Crippen LogP contribution in [-0.4, -0.2) is 49.9 Å². The maximum atomic E-state index is 12.3. The zero-order valence-electron chi connectivity index (χ0n) is 14.9. The monoisotopic (exact) mass is 379 g/mol. The molecule has 1 aliphatic rings. The Balaban J connectivity index is 1.54. The number of carbonyl (C=O) groups excluding carboxylic acids is 2. The minimum Gasteiger partial charge on any atom is -0.355 e. The number of H-pyrrole nitrogens is 1. The van der Waals surface area contributed by atoms with Gasteiger partial charge in [0.25, 0.3) is 0 Å². The summed E-state index contributed by atoms with van der Waals surface area (Å²) in [5, 5.41) is 18.6. The van der Waals surface area contributed by atoms with Gasteiger partial charge in [0.1, 0.15) is 10.8 Å². The summed E-state index contributed by atoms with van der Waals surface area (Å²) in [5.74, 6) is 0.0868. The third-order valence-electron chi connectivity index (χ3n) is 4.27. The molecular formula is C15H21N7O3S. The molecule has 0 bridgehead atoms. The van der Waals surface area contributed by atoms with Crippen molar-refractivity contribution in [1.29, 1.82) is 0 Å². The first-order valence-corrected chi connectivity index (χ1v) is 9.20. The maximum absolute atomic E-state index is 12.3. The molecule has 0 spiro atoms. The molecule has 26 heavy (non-hydrogen) atoms. The number of amides is 2. The van der Waals surface area contributed by atoms with E-state index in [0.29, 0.717) is 30.5 Å². The lowest BCUT2D eigenvalue weighted by molar-refractivity contribution is -0.126. The lowest BCUT2D eigenvalue weighted by atomic mass is 10.1. The molecular weight excluding hydrogens is 358 g/mol. The number of anilines is 1. The van der Waals surface area contributed by atoms with Gasteiger partial charge in [0.15, 0.2) is 0 Å². The molecule has 3 rings (SSSR count). The molecule has 1 unspecified atom stereocenters. The molecule has 0 radical (unpaired) electrons. The summed E-state index contributed by atoms with van der Waals surface area (Å²) in [4.78, 5) is 37.4. The van der Waals surface area contributed by atoms with Gasteiger partial charge in [-0.2, -0.15) is 5.10 Å². The second kappa shape index (κ2) is 7.36. The van der Waals surface area contributed by atoms with Crippen LogP contribution in [0.5, 0.6) is 0 Å². The van der Waals surface area contributed by atoms with Gasteiger partial charge in [0.05, 0.1) is 5.92 Å². The molecule has 0 aliphatic carbocycles. The van der Waals surface area contributed by atoms with E-state index in [0.717, 1.165) is 5.01 Å². The minimum atomic E-state index is -0.420. The topological polar surface area (TPSA) is 126 Å². The van der Waals surface area contributed by atoms with Gasteiger partial charge in [-0.3, -0.25) is 19.1 Å². The van der Waals surface area contributed by atoms with Crippen LogP contribution in [0.15, 0.2) is 4.79 Å². The van der Waals surface area contributed by atoms with E-state index in [9.17, 15) is 14.4 Å². The van der Waals surface area contributed by atoms with Crippen molar-refractivity contribution in [3.05, 3.63) is 21.3 Å². The lowest BCUT2D eigenvalue weighted by Gasteiger charge is -2.12. The zero-order valence-corrected chi connectivity index (χ0v) is 15.7. The van der Waals surface area contributed by atoms with Gasteiger partial charge < -0.3 is 5.32 Å². The van der Waals surface area contributed by atoms with Crippen LogP contribution in [0.25, 0.3) is 0 Å². The first kappa shape index (κ1) is 18.2. The van der Waals surface area contributed by atoms with E-state index in [1.54, 1.807) is 7.05 Å². The van der Waals surface area contributed by atoms with Gasteiger partial charge in [-0.1, -0.05) is 25.2 Å². The Kier molecular flexibility index (Phi) is 5.16. The summed E-state index contributed by atoms with van der Waals surface area (Å²) < 4.78 is 1.40. The molecule has 140 valence electrons. The molecule has 1 aliphatic heterocycles. The number of rotatable bonds is 6. The molecule has 0 saturated carbocycles. The number of aromatic amines is 1. The summed E-state index contributed by atoms with van der Waals surface area (Å²) >= 11 is 1.38. The van der Waals surface area contributed by atoms with Crippen LogP contribution in [0.1, 0.15) is 37.0 Å². The Morgan fingerprint density at radius 2 is 2.15 bits per heavy atom. The highest BCUT2D eigenvalue weighted by Crippen LogP contribution is 2.30.